The number of aromatic nitrogens is 1. The van der Waals surface area contributed by atoms with Crippen molar-refractivity contribution in [3.8, 4) is 0 Å². The standard InChI is InChI=1S/C21H22N4O/c26-21-24-11-10-23(13-16-12-22-20-9-5-4-8-19(16)20)14-18(24)15-25(21)17-6-2-1-3-7-17/h1-9,12,18,22H,10-11,13-15H2/t18-/m1/s1. The van der Waals surface area contributed by atoms with E-state index in [0.29, 0.717) is 0 Å². The topological polar surface area (TPSA) is 42.6 Å². The van der Waals surface area contributed by atoms with Crippen LogP contribution in [0.1, 0.15) is 5.56 Å². The number of carbonyl (C=O) groups is 1. The highest BCUT2D eigenvalue weighted by molar-refractivity contribution is 5.94. The van der Waals surface area contributed by atoms with Gasteiger partial charge in [0.2, 0.25) is 0 Å². The van der Waals surface area contributed by atoms with E-state index >= 15 is 0 Å². The van der Waals surface area contributed by atoms with Crippen LogP contribution in [0, 0.1) is 0 Å². The number of carbonyl (C=O) groups excluding carboxylic acids is 1. The van der Waals surface area contributed by atoms with Crippen LogP contribution in [0.25, 0.3) is 10.9 Å². The lowest BCUT2D eigenvalue weighted by Crippen LogP contribution is -2.51. The molecule has 3 aromatic rings. The smallest absolute Gasteiger partial charge is 0.324 e. The molecule has 132 valence electrons. The second-order valence-electron chi connectivity index (χ2n) is 7.17. The minimum atomic E-state index is 0.146. The first-order valence-corrected chi connectivity index (χ1v) is 9.20. The number of rotatable bonds is 3. The van der Waals surface area contributed by atoms with Gasteiger partial charge >= 0.3 is 6.03 Å². The third-order valence-electron chi connectivity index (χ3n) is 5.57. The molecule has 2 amide bonds. The highest BCUT2D eigenvalue weighted by atomic mass is 16.2. The third kappa shape index (κ3) is 2.56. The lowest BCUT2D eigenvalue weighted by Gasteiger charge is -2.36. The van der Waals surface area contributed by atoms with Crippen LogP contribution < -0.4 is 4.90 Å². The monoisotopic (exact) mass is 346 g/mol. The van der Waals surface area contributed by atoms with Crippen LogP contribution >= 0.6 is 0 Å². The van der Waals surface area contributed by atoms with Crippen LogP contribution in [0.2, 0.25) is 0 Å². The number of anilines is 1. The normalized spacial score (nSPS) is 20.8. The molecular formula is C21H22N4O. The average molecular weight is 346 g/mol. The first kappa shape index (κ1) is 15.5. The highest BCUT2D eigenvalue weighted by Gasteiger charge is 2.41. The minimum Gasteiger partial charge on any atom is -0.361 e. The fraction of sp³-hybridized carbons (Fsp3) is 0.286. The van der Waals surface area contributed by atoms with E-state index in [-0.39, 0.29) is 12.1 Å². The fourth-order valence-corrected chi connectivity index (χ4v) is 4.24. The van der Waals surface area contributed by atoms with Gasteiger partial charge in [0.25, 0.3) is 0 Å². The van der Waals surface area contributed by atoms with Crippen molar-refractivity contribution < 1.29 is 4.79 Å². The Labute approximate surface area is 152 Å². The number of amides is 2. The molecule has 3 heterocycles. The molecule has 0 spiro atoms. The first-order valence-electron chi connectivity index (χ1n) is 9.20. The van der Waals surface area contributed by atoms with Gasteiger partial charge < -0.3 is 9.88 Å². The molecule has 5 nitrogen and oxygen atoms in total. The van der Waals surface area contributed by atoms with Gasteiger partial charge in [0, 0.05) is 55.5 Å². The number of aromatic amines is 1. The maximum absolute atomic E-state index is 12.8. The van der Waals surface area contributed by atoms with E-state index in [1.54, 1.807) is 0 Å². The summed E-state index contributed by atoms with van der Waals surface area (Å²) in [4.78, 5) is 22.6. The number of nitrogens with one attached hydrogen (secondary N) is 1. The molecule has 5 rings (SSSR count). The Balaban J connectivity index is 1.32. The van der Waals surface area contributed by atoms with Crippen LogP contribution in [0.4, 0.5) is 10.5 Å². The van der Waals surface area contributed by atoms with Gasteiger partial charge in [-0.05, 0) is 23.8 Å². The number of hydrogen-bond acceptors (Lipinski definition) is 2. The molecule has 2 aliphatic rings. The Morgan fingerprint density at radius 2 is 1.77 bits per heavy atom. The number of benzene rings is 2. The van der Waals surface area contributed by atoms with E-state index in [0.717, 1.165) is 38.4 Å². The second kappa shape index (κ2) is 6.18. The molecule has 0 bridgehead atoms. The predicted octanol–water partition coefficient (Wildman–Crippen LogP) is 3.29. The van der Waals surface area contributed by atoms with Crippen molar-refractivity contribution in [1.29, 1.82) is 0 Å². The van der Waals surface area contributed by atoms with Crippen molar-refractivity contribution in [2.75, 3.05) is 31.1 Å². The van der Waals surface area contributed by atoms with Crippen molar-refractivity contribution in [1.82, 2.24) is 14.8 Å². The summed E-state index contributed by atoms with van der Waals surface area (Å²) >= 11 is 0. The van der Waals surface area contributed by atoms with E-state index in [4.69, 9.17) is 0 Å². The molecule has 0 aliphatic carbocycles. The number of fused-ring (bicyclic) bond motifs is 2. The SMILES string of the molecule is O=C1N(c2ccccc2)C[C@H]2CN(Cc3c[nH]c4ccccc34)CCN12. The number of hydrogen-bond donors (Lipinski definition) is 1. The molecule has 1 atom stereocenters. The van der Waals surface area contributed by atoms with Crippen molar-refractivity contribution in [2.45, 2.75) is 12.6 Å². The molecule has 0 radical (unpaired) electrons. The summed E-state index contributed by atoms with van der Waals surface area (Å²) in [5.74, 6) is 0. The van der Waals surface area contributed by atoms with Crippen molar-refractivity contribution in [3.05, 3.63) is 66.4 Å². The molecular weight excluding hydrogens is 324 g/mol. The summed E-state index contributed by atoms with van der Waals surface area (Å²) < 4.78 is 0. The summed E-state index contributed by atoms with van der Waals surface area (Å²) in [7, 11) is 0. The Hall–Kier alpha value is -2.79. The third-order valence-corrected chi connectivity index (χ3v) is 5.57. The molecule has 1 aromatic heterocycles. The van der Waals surface area contributed by atoms with Crippen LogP contribution in [0.5, 0.6) is 0 Å². The zero-order chi connectivity index (χ0) is 17.5. The molecule has 0 unspecified atom stereocenters. The summed E-state index contributed by atoms with van der Waals surface area (Å²) in [5.41, 5.74) is 3.51. The zero-order valence-electron chi connectivity index (χ0n) is 14.6. The quantitative estimate of drug-likeness (QED) is 0.791. The highest BCUT2D eigenvalue weighted by Crippen LogP contribution is 2.27. The van der Waals surface area contributed by atoms with E-state index in [1.807, 2.05) is 40.1 Å². The van der Waals surface area contributed by atoms with E-state index in [1.165, 1.54) is 16.5 Å². The van der Waals surface area contributed by atoms with Crippen LogP contribution in [-0.2, 0) is 6.54 Å². The molecule has 0 saturated carbocycles. The van der Waals surface area contributed by atoms with Gasteiger partial charge in [-0.3, -0.25) is 9.80 Å². The molecule has 2 fully saturated rings. The van der Waals surface area contributed by atoms with E-state index in [9.17, 15) is 4.79 Å². The summed E-state index contributed by atoms with van der Waals surface area (Å²) in [6.45, 7) is 4.34. The fourth-order valence-electron chi connectivity index (χ4n) is 4.24. The van der Waals surface area contributed by atoms with Gasteiger partial charge in [-0.25, -0.2) is 4.79 Å². The Morgan fingerprint density at radius 3 is 2.65 bits per heavy atom. The number of para-hydroxylation sites is 2. The molecule has 1 N–H and O–H groups in total. The summed E-state index contributed by atoms with van der Waals surface area (Å²) in [6.07, 6.45) is 2.12. The van der Waals surface area contributed by atoms with Gasteiger partial charge in [0.1, 0.15) is 0 Å². The lowest BCUT2D eigenvalue weighted by atomic mass is 10.1. The zero-order valence-corrected chi connectivity index (χ0v) is 14.6. The van der Waals surface area contributed by atoms with Crippen LogP contribution in [-0.4, -0.2) is 53.0 Å². The largest absolute Gasteiger partial charge is 0.361 e. The van der Waals surface area contributed by atoms with Crippen molar-refractivity contribution in [2.24, 2.45) is 0 Å². The number of piperazine rings is 1. The molecule has 5 heteroatoms. The maximum Gasteiger partial charge on any atom is 0.324 e. The molecule has 2 aromatic carbocycles. The Morgan fingerprint density at radius 1 is 0.962 bits per heavy atom. The van der Waals surface area contributed by atoms with Gasteiger partial charge in [0.05, 0.1) is 6.04 Å². The number of urea groups is 1. The molecule has 2 aliphatic heterocycles. The van der Waals surface area contributed by atoms with Gasteiger partial charge in [-0.15, -0.1) is 0 Å². The van der Waals surface area contributed by atoms with Crippen LogP contribution in [0.15, 0.2) is 60.8 Å². The maximum atomic E-state index is 12.8. The van der Waals surface area contributed by atoms with Crippen LogP contribution in [0.3, 0.4) is 0 Å². The number of nitrogens with zero attached hydrogens (tertiary/aromatic N) is 3. The second-order valence-corrected chi connectivity index (χ2v) is 7.17. The molecule has 26 heavy (non-hydrogen) atoms. The van der Waals surface area contributed by atoms with Gasteiger partial charge in [-0.1, -0.05) is 36.4 Å². The van der Waals surface area contributed by atoms with Crippen molar-refractivity contribution in [3.63, 3.8) is 0 Å². The summed E-state index contributed by atoms with van der Waals surface area (Å²) in [5, 5.41) is 1.29. The van der Waals surface area contributed by atoms with Crippen molar-refractivity contribution >= 4 is 22.6 Å². The summed E-state index contributed by atoms with van der Waals surface area (Å²) in [6, 6.07) is 18.8. The predicted molar refractivity (Wildman–Crippen MR) is 103 cm³/mol. The van der Waals surface area contributed by atoms with E-state index in [2.05, 4.69) is 40.3 Å². The molecule has 2 saturated heterocycles. The Bertz CT molecular complexity index is 935. The van der Waals surface area contributed by atoms with E-state index < -0.39 is 0 Å². The minimum absolute atomic E-state index is 0.146. The lowest BCUT2D eigenvalue weighted by molar-refractivity contribution is 0.117. The first-order chi connectivity index (χ1) is 12.8. The Kier molecular flexibility index (Phi) is 3.68. The van der Waals surface area contributed by atoms with Gasteiger partial charge in [0.15, 0.2) is 0 Å². The number of H-pyrrole nitrogens is 1. The average Bonchev–Trinajstić information content (AvgIpc) is 3.24. The van der Waals surface area contributed by atoms with Gasteiger partial charge in [-0.2, -0.15) is 0 Å².